The van der Waals surface area contributed by atoms with E-state index in [1.807, 2.05) is 0 Å². The van der Waals surface area contributed by atoms with Crippen LogP contribution < -0.4 is 5.32 Å². The number of aromatic nitrogens is 2. The first-order valence-electron chi connectivity index (χ1n) is 4.05. The highest BCUT2D eigenvalue weighted by molar-refractivity contribution is 8.13. The van der Waals surface area contributed by atoms with Crippen LogP contribution in [0.5, 0.6) is 0 Å². The molecule has 15 heavy (non-hydrogen) atoms. The molecule has 2 N–H and O–H groups in total. The monoisotopic (exact) mass is 251 g/mol. The number of halogens is 1. The Labute approximate surface area is 91.4 Å². The molecule has 0 aliphatic heterocycles. The Hall–Kier alpha value is -1.08. The van der Waals surface area contributed by atoms with E-state index in [9.17, 15) is 13.2 Å². The highest BCUT2D eigenvalue weighted by atomic mass is 35.7. The quantitative estimate of drug-likeness (QED) is 0.755. The van der Waals surface area contributed by atoms with Gasteiger partial charge in [0, 0.05) is 17.6 Å². The smallest absolute Gasteiger partial charge is 0.265 e. The van der Waals surface area contributed by atoms with E-state index >= 15 is 0 Å². The summed E-state index contributed by atoms with van der Waals surface area (Å²) in [5, 5.41) is 8.70. The summed E-state index contributed by atoms with van der Waals surface area (Å²) in [6.07, 6.45) is 0. The summed E-state index contributed by atoms with van der Waals surface area (Å²) in [6.45, 7) is 2.90. The van der Waals surface area contributed by atoms with Crippen molar-refractivity contribution in [1.82, 2.24) is 15.5 Å². The molecule has 0 saturated carbocycles. The second-order valence-corrected chi connectivity index (χ2v) is 5.47. The van der Waals surface area contributed by atoms with Crippen LogP contribution in [0, 0.1) is 6.92 Å². The van der Waals surface area contributed by atoms with E-state index in [-0.39, 0.29) is 23.0 Å². The number of amides is 1. The van der Waals surface area contributed by atoms with Gasteiger partial charge in [0.15, 0.2) is 0 Å². The maximum absolute atomic E-state index is 11.2. The molecule has 6 nitrogen and oxygen atoms in total. The first-order valence-corrected chi connectivity index (χ1v) is 6.36. The molecule has 0 fully saturated rings. The summed E-state index contributed by atoms with van der Waals surface area (Å²) in [6, 6.07) is 0. The first-order chi connectivity index (χ1) is 6.82. The van der Waals surface area contributed by atoms with Crippen molar-refractivity contribution in [3.63, 3.8) is 0 Å². The van der Waals surface area contributed by atoms with Crippen LogP contribution in [-0.2, 0) is 20.4 Å². The van der Waals surface area contributed by atoms with Crippen LogP contribution in [0.4, 0.5) is 0 Å². The van der Waals surface area contributed by atoms with Gasteiger partial charge in [0.1, 0.15) is 10.6 Å². The van der Waals surface area contributed by atoms with Crippen molar-refractivity contribution in [3.8, 4) is 0 Å². The summed E-state index contributed by atoms with van der Waals surface area (Å²) in [5.74, 6) is -0.270. The molecule has 1 rings (SSSR count). The van der Waals surface area contributed by atoms with Crippen LogP contribution in [0.25, 0.3) is 0 Å². The van der Waals surface area contributed by atoms with Crippen molar-refractivity contribution in [1.29, 1.82) is 0 Å². The molecule has 1 heterocycles. The number of carbonyl (C=O) groups is 1. The van der Waals surface area contributed by atoms with E-state index in [4.69, 9.17) is 10.7 Å². The molecular weight excluding hydrogens is 242 g/mol. The van der Waals surface area contributed by atoms with Crippen molar-refractivity contribution in [2.24, 2.45) is 0 Å². The van der Waals surface area contributed by atoms with Crippen LogP contribution in [0.1, 0.15) is 18.3 Å². The number of nitrogens with zero attached hydrogens (tertiary/aromatic N) is 1. The Morgan fingerprint density at radius 1 is 1.60 bits per heavy atom. The van der Waals surface area contributed by atoms with E-state index in [1.54, 1.807) is 6.92 Å². The van der Waals surface area contributed by atoms with Crippen molar-refractivity contribution < 1.29 is 13.2 Å². The molecule has 0 radical (unpaired) electrons. The average molecular weight is 252 g/mol. The number of hydrogen-bond acceptors (Lipinski definition) is 4. The predicted molar refractivity (Wildman–Crippen MR) is 53.9 cm³/mol. The molecule has 8 heteroatoms. The fraction of sp³-hybridized carbons (Fsp3) is 0.429. The molecule has 84 valence electrons. The third-order valence-corrected chi connectivity index (χ3v) is 3.20. The number of carbonyl (C=O) groups excluding carboxylic acids is 1. The number of aromatic amines is 1. The van der Waals surface area contributed by atoms with Crippen LogP contribution >= 0.6 is 10.7 Å². The zero-order valence-electron chi connectivity index (χ0n) is 8.17. The summed E-state index contributed by atoms with van der Waals surface area (Å²) >= 11 is 0. The Morgan fingerprint density at radius 2 is 2.20 bits per heavy atom. The third kappa shape index (κ3) is 2.93. The maximum Gasteiger partial charge on any atom is 0.265 e. The van der Waals surface area contributed by atoms with Gasteiger partial charge in [0.25, 0.3) is 9.05 Å². The number of nitrogens with one attached hydrogen (secondary N) is 2. The van der Waals surface area contributed by atoms with Crippen LogP contribution in [0.15, 0.2) is 4.90 Å². The fourth-order valence-corrected chi connectivity index (χ4v) is 2.55. The van der Waals surface area contributed by atoms with Crippen molar-refractivity contribution >= 4 is 25.6 Å². The number of rotatable bonds is 3. The minimum atomic E-state index is -3.84. The molecule has 0 atom stereocenters. The molecule has 0 saturated heterocycles. The molecule has 1 aromatic heterocycles. The molecule has 0 aromatic carbocycles. The Kier molecular flexibility index (Phi) is 3.35. The van der Waals surface area contributed by atoms with Gasteiger partial charge < -0.3 is 5.32 Å². The van der Waals surface area contributed by atoms with E-state index in [2.05, 4.69) is 15.5 Å². The molecular formula is C7H10ClN3O3S. The van der Waals surface area contributed by atoms with Crippen molar-refractivity contribution in [3.05, 3.63) is 11.4 Å². The normalized spacial score (nSPS) is 11.4. The number of aryl methyl sites for hydroxylation is 1. The minimum Gasteiger partial charge on any atom is -0.351 e. The number of H-pyrrole nitrogens is 1. The van der Waals surface area contributed by atoms with E-state index in [1.165, 1.54) is 6.92 Å². The van der Waals surface area contributed by atoms with Gasteiger partial charge in [-0.05, 0) is 6.92 Å². The SMILES string of the molecule is CC(=O)NCc1n[nH]c(C)c1S(=O)(=O)Cl. The van der Waals surface area contributed by atoms with Gasteiger partial charge in [-0.1, -0.05) is 0 Å². The molecule has 0 aliphatic rings. The summed E-state index contributed by atoms with van der Waals surface area (Å²) < 4.78 is 22.3. The maximum atomic E-state index is 11.2. The van der Waals surface area contributed by atoms with Gasteiger partial charge in [-0.15, -0.1) is 0 Å². The lowest BCUT2D eigenvalue weighted by Crippen LogP contribution is -2.20. The van der Waals surface area contributed by atoms with Gasteiger partial charge in [-0.25, -0.2) is 8.42 Å². The second kappa shape index (κ2) is 4.19. The van der Waals surface area contributed by atoms with Crippen LogP contribution in [0.2, 0.25) is 0 Å². The highest BCUT2D eigenvalue weighted by Gasteiger charge is 2.21. The van der Waals surface area contributed by atoms with E-state index < -0.39 is 9.05 Å². The standard InChI is InChI=1S/C7H10ClN3O3S/c1-4-7(15(8,13)14)6(11-10-4)3-9-5(2)12/h3H2,1-2H3,(H,9,12)(H,10,11). The lowest BCUT2D eigenvalue weighted by molar-refractivity contribution is -0.119. The fourth-order valence-electron chi connectivity index (χ4n) is 1.12. The molecule has 0 unspecified atom stereocenters. The molecule has 0 spiro atoms. The Balaban J connectivity index is 3.05. The average Bonchev–Trinajstić information content (AvgIpc) is 2.42. The molecule has 1 amide bonds. The van der Waals surface area contributed by atoms with Crippen LogP contribution in [-0.4, -0.2) is 24.5 Å². The van der Waals surface area contributed by atoms with Gasteiger partial charge in [0.2, 0.25) is 5.91 Å². The summed E-state index contributed by atoms with van der Waals surface area (Å²) in [7, 11) is 1.38. The van der Waals surface area contributed by atoms with Gasteiger partial charge in [-0.3, -0.25) is 9.89 Å². The summed E-state index contributed by atoms with van der Waals surface area (Å²) in [5.41, 5.74) is 0.558. The lowest BCUT2D eigenvalue weighted by Gasteiger charge is -2.00. The molecule has 0 bridgehead atoms. The zero-order valence-corrected chi connectivity index (χ0v) is 9.74. The highest BCUT2D eigenvalue weighted by Crippen LogP contribution is 2.21. The molecule has 0 aliphatic carbocycles. The number of hydrogen-bond donors (Lipinski definition) is 2. The van der Waals surface area contributed by atoms with Crippen molar-refractivity contribution in [2.45, 2.75) is 25.3 Å². The second-order valence-electron chi connectivity index (χ2n) is 2.97. The van der Waals surface area contributed by atoms with E-state index in [0.29, 0.717) is 5.69 Å². The molecule has 1 aromatic rings. The Bertz CT molecular complexity index is 480. The van der Waals surface area contributed by atoms with Gasteiger partial charge >= 0.3 is 0 Å². The Morgan fingerprint density at radius 3 is 2.67 bits per heavy atom. The van der Waals surface area contributed by atoms with Gasteiger partial charge in [0.05, 0.1) is 12.2 Å². The summed E-state index contributed by atoms with van der Waals surface area (Å²) in [4.78, 5) is 10.6. The largest absolute Gasteiger partial charge is 0.351 e. The predicted octanol–water partition coefficient (Wildman–Crippen LogP) is 0.282. The third-order valence-electron chi connectivity index (χ3n) is 1.71. The van der Waals surface area contributed by atoms with E-state index in [0.717, 1.165) is 0 Å². The van der Waals surface area contributed by atoms with Crippen molar-refractivity contribution in [2.75, 3.05) is 0 Å². The van der Waals surface area contributed by atoms with Gasteiger partial charge in [-0.2, -0.15) is 5.10 Å². The lowest BCUT2D eigenvalue weighted by atomic mass is 10.3. The first kappa shape index (κ1) is 12.0. The zero-order chi connectivity index (χ0) is 11.6. The van der Waals surface area contributed by atoms with Crippen LogP contribution in [0.3, 0.4) is 0 Å². The topological polar surface area (TPSA) is 91.9 Å². The minimum absolute atomic E-state index is 0.0287.